The summed E-state index contributed by atoms with van der Waals surface area (Å²) in [6.45, 7) is 2.13. The molecule has 4 rings (SSSR count). The van der Waals surface area contributed by atoms with Gasteiger partial charge < -0.3 is 19.1 Å². The number of likely N-dealkylation sites (tertiary alicyclic amines) is 1. The van der Waals surface area contributed by atoms with Crippen LogP contribution >= 0.6 is 0 Å². The highest BCUT2D eigenvalue weighted by Crippen LogP contribution is 2.24. The summed E-state index contributed by atoms with van der Waals surface area (Å²) in [7, 11) is 2.76. The maximum atomic E-state index is 11.9. The Morgan fingerprint density at radius 3 is 2.14 bits per heavy atom. The Morgan fingerprint density at radius 2 is 1.52 bits per heavy atom. The van der Waals surface area contributed by atoms with Crippen molar-refractivity contribution in [3.05, 3.63) is 107 Å². The van der Waals surface area contributed by atoms with Crippen LogP contribution in [0.3, 0.4) is 0 Å². The van der Waals surface area contributed by atoms with Gasteiger partial charge in [-0.25, -0.2) is 9.59 Å². The Labute approximate surface area is 248 Å². The first kappa shape index (κ1) is 30.6. The average Bonchev–Trinajstić information content (AvgIpc) is 3.45. The fourth-order valence-electron chi connectivity index (χ4n) is 5.11. The van der Waals surface area contributed by atoms with Crippen molar-refractivity contribution >= 4 is 23.9 Å². The number of carbonyl (C=O) groups excluding carboxylic acids is 3. The fourth-order valence-corrected chi connectivity index (χ4v) is 5.11. The van der Waals surface area contributed by atoms with Gasteiger partial charge in [-0.2, -0.15) is 0 Å². The summed E-state index contributed by atoms with van der Waals surface area (Å²) in [5.41, 5.74) is 4.33. The summed E-state index contributed by atoms with van der Waals surface area (Å²) in [6.07, 6.45) is 9.26. The van der Waals surface area contributed by atoms with Crippen molar-refractivity contribution in [2.24, 2.45) is 5.92 Å². The first-order valence-corrected chi connectivity index (χ1v) is 14.5. The number of allylic oxidation sites excluding steroid dienone is 1. The number of aryl methyl sites for hydroxylation is 1. The molecule has 1 unspecified atom stereocenters. The minimum Gasteiger partial charge on any atom is -0.493 e. The molecular weight excluding hydrogens is 530 g/mol. The number of benzene rings is 3. The molecule has 1 atom stereocenters. The Balaban J connectivity index is 1.43. The summed E-state index contributed by atoms with van der Waals surface area (Å²) in [5.74, 6) is 0.577. The number of para-hydroxylation sites is 1. The highest BCUT2D eigenvalue weighted by molar-refractivity contribution is 5.89. The lowest BCUT2D eigenvalue weighted by molar-refractivity contribution is -0.127. The van der Waals surface area contributed by atoms with Crippen molar-refractivity contribution in [1.29, 1.82) is 0 Å². The number of hydrogen-bond donors (Lipinski definition) is 0. The summed E-state index contributed by atoms with van der Waals surface area (Å²) in [5, 5.41) is 0. The predicted molar refractivity (Wildman–Crippen MR) is 162 cm³/mol. The molecule has 0 aliphatic carbocycles. The Kier molecular flexibility index (Phi) is 11.3. The highest BCUT2D eigenvalue weighted by atomic mass is 16.5. The van der Waals surface area contributed by atoms with Crippen LogP contribution < -0.4 is 4.74 Å². The average molecular weight is 570 g/mol. The van der Waals surface area contributed by atoms with Crippen LogP contribution in [0, 0.1) is 5.92 Å². The number of ether oxygens (including phenoxy) is 3. The van der Waals surface area contributed by atoms with Gasteiger partial charge in [0.1, 0.15) is 5.75 Å². The van der Waals surface area contributed by atoms with E-state index in [2.05, 4.69) is 12.2 Å². The molecule has 7 heteroatoms. The van der Waals surface area contributed by atoms with Crippen LogP contribution in [-0.2, 0) is 27.1 Å². The van der Waals surface area contributed by atoms with Crippen LogP contribution in [0.5, 0.6) is 5.75 Å². The van der Waals surface area contributed by atoms with E-state index in [4.69, 9.17) is 14.2 Å². The Hall–Kier alpha value is -4.39. The minimum absolute atomic E-state index is 0.212. The van der Waals surface area contributed by atoms with Crippen LogP contribution in [0.1, 0.15) is 63.1 Å². The lowest BCUT2D eigenvalue weighted by Gasteiger charge is -2.16. The molecule has 220 valence electrons. The van der Waals surface area contributed by atoms with Crippen LogP contribution in [0.2, 0.25) is 0 Å². The van der Waals surface area contributed by atoms with Gasteiger partial charge in [0.05, 0.1) is 32.0 Å². The second-order valence-electron chi connectivity index (χ2n) is 10.5. The number of nitrogens with zero attached hydrogens (tertiary/aromatic N) is 1. The molecule has 42 heavy (non-hydrogen) atoms. The first-order chi connectivity index (χ1) is 20.5. The van der Waals surface area contributed by atoms with E-state index in [-0.39, 0.29) is 23.8 Å². The molecule has 3 aromatic carbocycles. The lowest BCUT2D eigenvalue weighted by atomic mass is 9.91. The molecule has 0 saturated carbocycles. The summed E-state index contributed by atoms with van der Waals surface area (Å²) >= 11 is 0. The molecule has 0 N–H and O–H groups in total. The zero-order chi connectivity index (χ0) is 29.7. The fraction of sp³-hybridized carbons (Fsp3) is 0.343. The summed E-state index contributed by atoms with van der Waals surface area (Å²) in [4.78, 5) is 37.4. The molecule has 1 aliphatic rings. The number of hydrogen-bond acceptors (Lipinski definition) is 6. The summed E-state index contributed by atoms with van der Waals surface area (Å²) in [6, 6.07) is 23.1. The molecule has 1 amide bonds. The first-order valence-electron chi connectivity index (χ1n) is 14.5. The quantitative estimate of drug-likeness (QED) is 0.171. The molecule has 0 aromatic heterocycles. The van der Waals surface area contributed by atoms with E-state index in [9.17, 15) is 14.4 Å². The maximum Gasteiger partial charge on any atom is 0.337 e. The van der Waals surface area contributed by atoms with E-state index in [0.717, 1.165) is 67.6 Å². The van der Waals surface area contributed by atoms with Crippen LogP contribution in [0.25, 0.3) is 6.08 Å². The van der Waals surface area contributed by atoms with Crippen molar-refractivity contribution in [2.45, 2.75) is 38.5 Å². The smallest absolute Gasteiger partial charge is 0.337 e. The standard InChI is InChI=1S/C35H39NO6/c1-40-34(38)30-18-12-26(13-19-30)10-11-27(25-28-15-20-31(21-16-28)35(39)41-2)14-17-29-7-3-4-8-32(29)42-24-6-23-36-22-5-9-33(36)37/h3-4,7-8,12-21,27H,5-6,9-11,22-25H2,1-2H3/b17-14+. The van der Waals surface area contributed by atoms with Crippen molar-refractivity contribution < 1.29 is 28.6 Å². The van der Waals surface area contributed by atoms with Gasteiger partial charge in [0.25, 0.3) is 0 Å². The van der Waals surface area contributed by atoms with Gasteiger partial charge in [0.2, 0.25) is 5.91 Å². The van der Waals surface area contributed by atoms with Gasteiger partial charge in [0.15, 0.2) is 0 Å². The molecule has 1 heterocycles. The van der Waals surface area contributed by atoms with Gasteiger partial charge in [-0.1, -0.05) is 54.6 Å². The maximum absolute atomic E-state index is 11.9. The van der Waals surface area contributed by atoms with Gasteiger partial charge in [-0.15, -0.1) is 0 Å². The Bertz CT molecular complexity index is 1360. The SMILES string of the molecule is COC(=O)c1ccc(CCC(/C=C/c2ccccc2OCCCN2CCCC2=O)Cc2ccc(C(=O)OC)cc2)cc1. The Morgan fingerprint density at radius 1 is 0.881 bits per heavy atom. The van der Waals surface area contributed by atoms with E-state index < -0.39 is 0 Å². The molecule has 3 aromatic rings. The number of carbonyl (C=O) groups is 3. The minimum atomic E-state index is -0.350. The van der Waals surface area contributed by atoms with Crippen molar-refractivity contribution in [3.8, 4) is 5.75 Å². The van der Waals surface area contributed by atoms with E-state index in [1.165, 1.54) is 14.2 Å². The van der Waals surface area contributed by atoms with Crippen LogP contribution in [-0.4, -0.2) is 56.7 Å². The number of esters is 2. The molecule has 1 saturated heterocycles. The third kappa shape index (κ3) is 8.80. The highest BCUT2D eigenvalue weighted by Gasteiger charge is 2.19. The second-order valence-corrected chi connectivity index (χ2v) is 10.5. The van der Waals surface area contributed by atoms with Crippen molar-refractivity contribution in [3.63, 3.8) is 0 Å². The molecule has 0 radical (unpaired) electrons. The predicted octanol–water partition coefficient (Wildman–Crippen LogP) is 6.16. The molecular formula is C35H39NO6. The van der Waals surface area contributed by atoms with Crippen molar-refractivity contribution in [1.82, 2.24) is 4.90 Å². The number of rotatable bonds is 14. The monoisotopic (exact) mass is 569 g/mol. The van der Waals surface area contributed by atoms with E-state index in [1.54, 1.807) is 24.3 Å². The lowest BCUT2D eigenvalue weighted by Crippen LogP contribution is -2.26. The third-order valence-electron chi connectivity index (χ3n) is 7.52. The van der Waals surface area contributed by atoms with Crippen LogP contribution in [0.4, 0.5) is 0 Å². The van der Waals surface area contributed by atoms with Crippen LogP contribution in [0.15, 0.2) is 78.9 Å². The largest absolute Gasteiger partial charge is 0.493 e. The topological polar surface area (TPSA) is 82.1 Å². The van der Waals surface area contributed by atoms with Gasteiger partial charge in [-0.3, -0.25) is 4.79 Å². The molecule has 0 bridgehead atoms. The zero-order valence-corrected chi connectivity index (χ0v) is 24.4. The molecule has 1 fully saturated rings. The zero-order valence-electron chi connectivity index (χ0n) is 24.4. The van der Waals surface area contributed by atoms with E-state index >= 15 is 0 Å². The van der Waals surface area contributed by atoms with E-state index in [1.807, 2.05) is 53.4 Å². The van der Waals surface area contributed by atoms with Gasteiger partial charge in [-0.05, 0) is 79.5 Å². The van der Waals surface area contributed by atoms with Gasteiger partial charge >= 0.3 is 11.9 Å². The molecule has 1 aliphatic heterocycles. The number of methoxy groups -OCH3 is 2. The third-order valence-corrected chi connectivity index (χ3v) is 7.52. The second kappa shape index (κ2) is 15.6. The number of amides is 1. The molecule has 0 spiro atoms. The summed E-state index contributed by atoms with van der Waals surface area (Å²) < 4.78 is 15.8. The normalized spacial score (nSPS) is 13.8. The van der Waals surface area contributed by atoms with E-state index in [0.29, 0.717) is 24.2 Å². The molecule has 7 nitrogen and oxygen atoms in total. The van der Waals surface area contributed by atoms with Gasteiger partial charge in [0, 0.05) is 25.1 Å². The van der Waals surface area contributed by atoms with Crippen molar-refractivity contribution in [2.75, 3.05) is 33.9 Å².